The zero-order valence-corrected chi connectivity index (χ0v) is 13.9. The van der Waals surface area contributed by atoms with Gasteiger partial charge in [0.2, 0.25) is 0 Å². The van der Waals surface area contributed by atoms with Gasteiger partial charge in [-0.2, -0.15) is 10.5 Å². The summed E-state index contributed by atoms with van der Waals surface area (Å²) in [6, 6.07) is 12.4. The van der Waals surface area contributed by atoms with E-state index in [1.807, 2.05) is 32.3 Å². The molecule has 0 saturated carbocycles. The minimum absolute atomic E-state index is 0.234. The SMILES string of the molecule is CC1CC(/C=C/c2ccc(N(C)C)cc2)=CC(=C(C#N)C#N)C1. The molecule has 1 atom stereocenters. The normalized spacial score (nSPS) is 17.3. The van der Waals surface area contributed by atoms with Crippen LogP contribution < -0.4 is 4.90 Å². The maximum Gasteiger partial charge on any atom is 0.132 e. The fourth-order valence-corrected chi connectivity index (χ4v) is 2.74. The number of benzene rings is 1. The molecule has 1 aromatic carbocycles. The minimum Gasteiger partial charge on any atom is -0.378 e. The second kappa shape index (κ2) is 7.47. The van der Waals surface area contributed by atoms with E-state index in [1.54, 1.807) is 0 Å². The maximum absolute atomic E-state index is 9.05. The lowest BCUT2D eigenvalue weighted by molar-refractivity contribution is 0.565. The predicted molar refractivity (Wildman–Crippen MR) is 94.5 cm³/mol. The van der Waals surface area contributed by atoms with Crippen molar-refractivity contribution in [1.82, 2.24) is 0 Å². The first-order valence-electron chi connectivity index (χ1n) is 7.73. The van der Waals surface area contributed by atoms with Gasteiger partial charge < -0.3 is 4.90 Å². The molecule has 1 aromatic rings. The smallest absolute Gasteiger partial charge is 0.132 e. The van der Waals surface area contributed by atoms with Gasteiger partial charge in [-0.05, 0) is 47.6 Å². The summed E-state index contributed by atoms with van der Waals surface area (Å²) in [6.07, 6.45) is 7.93. The van der Waals surface area contributed by atoms with Crippen LogP contribution in [0.5, 0.6) is 0 Å². The van der Waals surface area contributed by atoms with E-state index in [4.69, 9.17) is 10.5 Å². The molecule has 0 spiro atoms. The third-order valence-corrected chi connectivity index (χ3v) is 3.96. The summed E-state index contributed by atoms with van der Waals surface area (Å²) in [4.78, 5) is 2.07. The molecular weight excluding hydrogens is 282 g/mol. The van der Waals surface area contributed by atoms with Crippen LogP contribution in [0.1, 0.15) is 25.3 Å². The van der Waals surface area contributed by atoms with Crippen molar-refractivity contribution in [3.63, 3.8) is 0 Å². The molecule has 0 radical (unpaired) electrons. The van der Waals surface area contributed by atoms with Crippen molar-refractivity contribution >= 4 is 11.8 Å². The quantitative estimate of drug-likeness (QED) is 0.774. The zero-order valence-electron chi connectivity index (χ0n) is 13.9. The second-order valence-corrected chi connectivity index (χ2v) is 6.18. The van der Waals surface area contributed by atoms with Crippen LogP contribution in [0.4, 0.5) is 5.69 Å². The van der Waals surface area contributed by atoms with E-state index in [-0.39, 0.29) is 5.57 Å². The van der Waals surface area contributed by atoms with E-state index in [2.05, 4.69) is 48.2 Å². The van der Waals surface area contributed by atoms with Crippen molar-refractivity contribution < 1.29 is 0 Å². The molecule has 0 fully saturated rings. The Morgan fingerprint density at radius 3 is 2.30 bits per heavy atom. The molecule has 1 unspecified atom stereocenters. The molecule has 0 saturated heterocycles. The lowest BCUT2D eigenvalue weighted by Gasteiger charge is -2.19. The molecule has 0 amide bonds. The summed E-state index contributed by atoms with van der Waals surface area (Å²) in [6.45, 7) is 2.15. The molecule has 23 heavy (non-hydrogen) atoms. The molecule has 0 N–H and O–H groups in total. The van der Waals surface area contributed by atoms with Gasteiger partial charge >= 0.3 is 0 Å². The van der Waals surface area contributed by atoms with Gasteiger partial charge in [0.05, 0.1) is 0 Å². The summed E-state index contributed by atoms with van der Waals surface area (Å²) in [5.41, 5.74) is 4.57. The summed E-state index contributed by atoms with van der Waals surface area (Å²) in [5, 5.41) is 18.1. The van der Waals surface area contributed by atoms with E-state index < -0.39 is 0 Å². The Morgan fingerprint density at radius 1 is 1.09 bits per heavy atom. The molecule has 116 valence electrons. The summed E-state index contributed by atoms with van der Waals surface area (Å²) in [7, 11) is 4.05. The van der Waals surface area contributed by atoms with E-state index in [1.165, 1.54) is 11.3 Å². The highest BCUT2D eigenvalue weighted by Crippen LogP contribution is 2.30. The summed E-state index contributed by atoms with van der Waals surface area (Å²) < 4.78 is 0. The maximum atomic E-state index is 9.05. The topological polar surface area (TPSA) is 50.8 Å². The van der Waals surface area contributed by atoms with Crippen LogP contribution in [-0.4, -0.2) is 14.1 Å². The van der Waals surface area contributed by atoms with Gasteiger partial charge in [0.25, 0.3) is 0 Å². The van der Waals surface area contributed by atoms with Crippen LogP contribution in [-0.2, 0) is 0 Å². The average molecular weight is 303 g/mol. The van der Waals surface area contributed by atoms with Gasteiger partial charge in [-0.15, -0.1) is 0 Å². The fourth-order valence-electron chi connectivity index (χ4n) is 2.74. The summed E-state index contributed by atoms with van der Waals surface area (Å²) >= 11 is 0. The second-order valence-electron chi connectivity index (χ2n) is 6.18. The highest BCUT2D eigenvalue weighted by atomic mass is 15.1. The average Bonchev–Trinajstić information content (AvgIpc) is 2.54. The number of rotatable bonds is 3. The Morgan fingerprint density at radius 2 is 1.74 bits per heavy atom. The molecule has 2 rings (SSSR count). The molecule has 0 bridgehead atoms. The van der Waals surface area contributed by atoms with Crippen LogP contribution in [0.25, 0.3) is 6.08 Å². The molecule has 1 aliphatic rings. The molecule has 0 aromatic heterocycles. The van der Waals surface area contributed by atoms with Crippen molar-refractivity contribution in [2.24, 2.45) is 5.92 Å². The van der Waals surface area contributed by atoms with Crippen LogP contribution in [0.3, 0.4) is 0 Å². The number of nitrogens with zero attached hydrogens (tertiary/aromatic N) is 3. The first kappa shape index (κ1) is 16.6. The van der Waals surface area contributed by atoms with Gasteiger partial charge in [-0.25, -0.2) is 0 Å². The largest absolute Gasteiger partial charge is 0.378 e. The van der Waals surface area contributed by atoms with E-state index in [9.17, 15) is 0 Å². The van der Waals surface area contributed by atoms with Crippen LogP contribution in [0.15, 0.2) is 53.1 Å². The van der Waals surface area contributed by atoms with Gasteiger partial charge in [-0.3, -0.25) is 0 Å². The van der Waals surface area contributed by atoms with Gasteiger partial charge in [-0.1, -0.05) is 37.3 Å². The molecule has 1 aliphatic carbocycles. The van der Waals surface area contributed by atoms with Crippen molar-refractivity contribution in [3.05, 3.63) is 58.7 Å². The van der Waals surface area contributed by atoms with E-state index in [0.717, 1.165) is 24.0 Å². The molecule has 3 nitrogen and oxygen atoms in total. The number of allylic oxidation sites excluding steroid dienone is 5. The van der Waals surface area contributed by atoms with Gasteiger partial charge in [0, 0.05) is 19.8 Å². The molecule has 0 heterocycles. The van der Waals surface area contributed by atoms with Crippen LogP contribution >= 0.6 is 0 Å². The van der Waals surface area contributed by atoms with Gasteiger partial charge in [0.1, 0.15) is 17.7 Å². The number of nitriles is 2. The fraction of sp³-hybridized carbons (Fsp3) is 0.300. The van der Waals surface area contributed by atoms with Gasteiger partial charge in [0.15, 0.2) is 0 Å². The highest BCUT2D eigenvalue weighted by molar-refractivity contribution is 5.58. The first-order chi connectivity index (χ1) is 11.0. The van der Waals surface area contributed by atoms with Crippen LogP contribution in [0, 0.1) is 28.6 Å². The first-order valence-corrected chi connectivity index (χ1v) is 7.73. The van der Waals surface area contributed by atoms with Crippen molar-refractivity contribution in [2.75, 3.05) is 19.0 Å². The third kappa shape index (κ3) is 4.34. The number of hydrogen-bond acceptors (Lipinski definition) is 3. The Hall–Kier alpha value is -2.78. The third-order valence-electron chi connectivity index (χ3n) is 3.96. The molecular formula is C20H21N3. The lowest BCUT2D eigenvalue weighted by Crippen LogP contribution is -2.07. The number of hydrogen-bond donors (Lipinski definition) is 0. The van der Waals surface area contributed by atoms with Crippen molar-refractivity contribution in [2.45, 2.75) is 19.8 Å². The molecule has 3 heteroatoms. The Kier molecular flexibility index (Phi) is 5.39. The number of anilines is 1. The summed E-state index contributed by atoms with van der Waals surface area (Å²) in [5.74, 6) is 0.447. The minimum atomic E-state index is 0.234. The predicted octanol–water partition coefficient (Wildman–Crippen LogP) is 4.47. The Bertz CT molecular complexity index is 719. The van der Waals surface area contributed by atoms with Crippen LogP contribution in [0.2, 0.25) is 0 Å². The lowest BCUT2D eigenvalue weighted by atomic mass is 9.85. The Balaban J connectivity index is 2.23. The van der Waals surface area contributed by atoms with E-state index in [0.29, 0.717) is 5.92 Å². The Labute approximate surface area is 138 Å². The monoisotopic (exact) mass is 303 g/mol. The molecule has 0 aliphatic heterocycles. The van der Waals surface area contributed by atoms with Crippen molar-refractivity contribution in [1.29, 1.82) is 10.5 Å². The van der Waals surface area contributed by atoms with E-state index >= 15 is 0 Å². The standard InChI is InChI=1S/C20H21N3/c1-15-10-17(12-18(11-15)19(13-21)14-22)5-4-16-6-8-20(9-7-16)23(2)3/h4-9,12,15H,10-11H2,1-3H3/b5-4+. The zero-order chi connectivity index (χ0) is 16.8. The highest BCUT2D eigenvalue weighted by Gasteiger charge is 2.16. The van der Waals surface area contributed by atoms with Crippen molar-refractivity contribution in [3.8, 4) is 12.1 Å².